The Morgan fingerprint density at radius 1 is 1.12 bits per heavy atom. The Labute approximate surface area is 152 Å². The molecule has 26 heavy (non-hydrogen) atoms. The van der Waals surface area contributed by atoms with Gasteiger partial charge < -0.3 is 10.2 Å². The van der Waals surface area contributed by atoms with Gasteiger partial charge in [0.25, 0.3) is 0 Å². The summed E-state index contributed by atoms with van der Waals surface area (Å²) in [7, 11) is 0. The number of carbonyl (C=O) groups excluding carboxylic acids is 2. The number of rotatable bonds is 5. The third-order valence-corrected chi connectivity index (χ3v) is 4.43. The molecule has 1 aliphatic heterocycles. The number of halogens is 1. The molecule has 1 aliphatic rings. The van der Waals surface area contributed by atoms with Gasteiger partial charge in [-0.15, -0.1) is 0 Å². The summed E-state index contributed by atoms with van der Waals surface area (Å²) in [6, 6.07) is 13.4. The Kier molecular flexibility index (Phi) is 5.21. The maximum Gasteiger partial charge on any atom is 0.325 e. The monoisotopic (exact) mass is 355 g/mol. The maximum atomic E-state index is 13.9. The fraction of sp³-hybridized carbons (Fsp3) is 0.300. The van der Waals surface area contributed by atoms with Crippen molar-refractivity contribution in [3.63, 3.8) is 0 Å². The number of carbonyl (C=O) groups is 2. The van der Waals surface area contributed by atoms with Crippen LogP contribution < -0.4 is 10.2 Å². The molecule has 0 atom stereocenters. The summed E-state index contributed by atoms with van der Waals surface area (Å²) in [6.45, 7) is 4.79. The Balaban J connectivity index is 1.66. The van der Waals surface area contributed by atoms with E-state index in [1.54, 1.807) is 18.2 Å². The van der Waals surface area contributed by atoms with E-state index in [9.17, 15) is 14.0 Å². The molecule has 2 aromatic carbocycles. The van der Waals surface area contributed by atoms with E-state index in [4.69, 9.17) is 0 Å². The van der Waals surface area contributed by atoms with Crippen LogP contribution in [0.3, 0.4) is 0 Å². The zero-order valence-electron chi connectivity index (χ0n) is 14.9. The van der Waals surface area contributed by atoms with Crippen LogP contribution in [0.1, 0.15) is 25.3 Å². The fourth-order valence-corrected chi connectivity index (χ4v) is 3.10. The molecule has 1 fully saturated rings. The quantitative estimate of drug-likeness (QED) is 0.886. The van der Waals surface area contributed by atoms with Gasteiger partial charge in [0.15, 0.2) is 0 Å². The highest BCUT2D eigenvalue weighted by molar-refractivity contribution is 5.99. The Hall–Kier alpha value is -2.89. The van der Waals surface area contributed by atoms with E-state index in [2.05, 4.69) is 19.2 Å². The van der Waals surface area contributed by atoms with Crippen LogP contribution in [0.5, 0.6) is 0 Å². The van der Waals surface area contributed by atoms with E-state index in [-0.39, 0.29) is 30.1 Å². The molecule has 0 spiro atoms. The number of para-hydroxylation sites is 2. The van der Waals surface area contributed by atoms with Crippen molar-refractivity contribution in [2.75, 3.05) is 29.9 Å². The number of hydrogen-bond acceptors (Lipinski definition) is 2. The van der Waals surface area contributed by atoms with Gasteiger partial charge >= 0.3 is 6.03 Å². The molecule has 0 bridgehead atoms. The van der Waals surface area contributed by atoms with Crippen LogP contribution in [0.2, 0.25) is 0 Å². The lowest BCUT2D eigenvalue weighted by molar-refractivity contribution is -0.116. The summed E-state index contributed by atoms with van der Waals surface area (Å²) in [5.74, 6) is -0.434. The van der Waals surface area contributed by atoms with Crippen molar-refractivity contribution in [1.82, 2.24) is 4.90 Å². The van der Waals surface area contributed by atoms with E-state index in [1.165, 1.54) is 15.9 Å². The lowest BCUT2D eigenvalue weighted by Crippen LogP contribution is -2.37. The maximum absolute atomic E-state index is 13.9. The lowest BCUT2D eigenvalue weighted by atomic mass is 10.0. The third kappa shape index (κ3) is 3.69. The molecule has 0 aromatic heterocycles. The molecule has 0 unspecified atom stereocenters. The third-order valence-electron chi connectivity index (χ3n) is 4.43. The normalized spacial score (nSPS) is 14.2. The number of nitrogens with one attached hydrogen (secondary N) is 1. The highest BCUT2D eigenvalue weighted by Gasteiger charge is 2.32. The van der Waals surface area contributed by atoms with Crippen molar-refractivity contribution in [3.8, 4) is 0 Å². The van der Waals surface area contributed by atoms with Gasteiger partial charge in [-0.25, -0.2) is 9.18 Å². The predicted octanol–water partition coefficient (Wildman–Crippen LogP) is 3.83. The number of nitrogens with zero attached hydrogens (tertiary/aromatic N) is 2. The minimum Gasteiger partial charge on any atom is -0.324 e. The Morgan fingerprint density at radius 2 is 1.81 bits per heavy atom. The van der Waals surface area contributed by atoms with Crippen LogP contribution >= 0.6 is 0 Å². The highest BCUT2D eigenvalue weighted by atomic mass is 19.1. The van der Waals surface area contributed by atoms with Gasteiger partial charge in [0, 0.05) is 18.8 Å². The lowest BCUT2D eigenvalue weighted by Gasteiger charge is -2.19. The molecular formula is C20H22FN3O2. The number of urea groups is 1. The zero-order valence-corrected chi connectivity index (χ0v) is 14.9. The van der Waals surface area contributed by atoms with Gasteiger partial charge in [-0.05, 0) is 29.7 Å². The average molecular weight is 355 g/mol. The van der Waals surface area contributed by atoms with Crippen molar-refractivity contribution in [3.05, 3.63) is 59.9 Å². The second-order valence-electron chi connectivity index (χ2n) is 6.60. The summed E-state index contributed by atoms with van der Waals surface area (Å²) < 4.78 is 13.9. The van der Waals surface area contributed by atoms with Gasteiger partial charge in [0.1, 0.15) is 12.4 Å². The SMILES string of the molecule is CC(C)c1ccccc1NC(=O)CN1CCN(c2ccccc2F)C1=O. The molecule has 3 amide bonds. The molecule has 0 aliphatic carbocycles. The minimum absolute atomic E-state index is 0.0593. The molecule has 136 valence electrons. The molecular weight excluding hydrogens is 333 g/mol. The number of amides is 3. The molecule has 5 nitrogen and oxygen atoms in total. The van der Waals surface area contributed by atoms with Crippen LogP contribution in [0.15, 0.2) is 48.5 Å². The van der Waals surface area contributed by atoms with E-state index in [0.717, 1.165) is 11.3 Å². The van der Waals surface area contributed by atoms with Crippen molar-refractivity contribution < 1.29 is 14.0 Å². The van der Waals surface area contributed by atoms with Gasteiger partial charge in [-0.1, -0.05) is 44.2 Å². The summed E-state index contributed by atoms with van der Waals surface area (Å²) in [4.78, 5) is 27.7. The Morgan fingerprint density at radius 3 is 2.54 bits per heavy atom. The predicted molar refractivity (Wildman–Crippen MR) is 99.9 cm³/mol. The standard InChI is InChI=1S/C20H22FN3O2/c1-14(2)15-7-3-5-9-17(15)22-19(25)13-23-11-12-24(20(23)26)18-10-6-4-8-16(18)21/h3-10,14H,11-13H2,1-2H3,(H,22,25). The van der Waals surface area contributed by atoms with Crippen molar-refractivity contribution >= 4 is 23.3 Å². The smallest absolute Gasteiger partial charge is 0.324 e. The number of hydrogen-bond donors (Lipinski definition) is 1. The van der Waals surface area contributed by atoms with Crippen LogP contribution in [-0.4, -0.2) is 36.5 Å². The van der Waals surface area contributed by atoms with E-state index >= 15 is 0 Å². The van der Waals surface area contributed by atoms with Gasteiger partial charge in [-0.2, -0.15) is 0 Å². The van der Waals surface area contributed by atoms with E-state index < -0.39 is 5.82 Å². The first-order valence-corrected chi connectivity index (χ1v) is 8.67. The zero-order chi connectivity index (χ0) is 18.7. The molecule has 0 radical (unpaired) electrons. The van der Waals surface area contributed by atoms with E-state index in [1.807, 2.05) is 24.3 Å². The summed E-state index contributed by atoms with van der Waals surface area (Å²) >= 11 is 0. The van der Waals surface area contributed by atoms with Gasteiger partial charge in [0.2, 0.25) is 5.91 Å². The van der Waals surface area contributed by atoms with Crippen LogP contribution in [0.4, 0.5) is 20.6 Å². The largest absolute Gasteiger partial charge is 0.325 e. The summed E-state index contributed by atoms with van der Waals surface area (Å²) in [6.07, 6.45) is 0. The summed E-state index contributed by atoms with van der Waals surface area (Å²) in [5, 5.41) is 2.88. The molecule has 6 heteroatoms. The highest BCUT2D eigenvalue weighted by Crippen LogP contribution is 2.25. The summed E-state index contributed by atoms with van der Waals surface area (Å²) in [5.41, 5.74) is 2.04. The van der Waals surface area contributed by atoms with E-state index in [0.29, 0.717) is 13.1 Å². The molecule has 2 aromatic rings. The van der Waals surface area contributed by atoms with Crippen molar-refractivity contribution in [1.29, 1.82) is 0 Å². The van der Waals surface area contributed by atoms with Gasteiger partial charge in [0.05, 0.1) is 5.69 Å². The first kappa shape index (κ1) is 17.9. The molecule has 1 saturated heterocycles. The Bertz CT molecular complexity index is 822. The molecule has 1 heterocycles. The second-order valence-corrected chi connectivity index (χ2v) is 6.60. The first-order chi connectivity index (χ1) is 12.5. The fourth-order valence-electron chi connectivity index (χ4n) is 3.10. The molecule has 0 saturated carbocycles. The van der Waals surface area contributed by atoms with Crippen LogP contribution in [0, 0.1) is 5.82 Å². The molecule has 1 N–H and O–H groups in total. The molecule has 3 rings (SSSR count). The minimum atomic E-state index is -0.446. The first-order valence-electron chi connectivity index (χ1n) is 8.67. The number of anilines is 2. The average Bonchev–Trinajstić information content (AvgIpc) is 2.96. The second kappa shape index (κ2) is 7.56. The van der Waals surface area contributed by atoms with Gasteiger partial charge in [-0.3, -0.25) is 9.69 Å². The van der Waals surface area contributed by atoms with Crippen LogP contribution in [0.25, 0.3) is 0 Å². The van der Waals surface area contributed by atoms with Crippen molar-refractivity contribution in [2.45, 2.75) is 19.8 Å². The van der Waals surface area contributed by atoms with Crippen LogP contribution in [-0.2, 0) is 4.79 Å². The topological polar surface area (TPSA) is 52.7 Å². The number of benzene rings is 2. The van der Waals surface area contributed by atoms with Crippen molar-refractivity contribution in [2.24, 2.45) is 0 Å².